The number of rotatable bonds is 2. The van der Waals surface area contributed by atoms with E-state index in [0.29, 0.717) is 0 Å². The first-order valence-electron chi connectivity index (χ1n) is 3.62. The van der Waals surface area contributed by atoms with Gasteiger partial charge in [-0.1, -0.05) is 12.1 Å². The molecular formula is C9H11AlO4. The molecule has 1 aromatic rings. The van der Waals surface area contributed by atoms with E-state index in [4.69, 9.17) is 5.11 Å². The molecule has 1 rings (SSSR count). The molecule has 0 spiro atoms. The smallest absolute Gasteiger partial charge is 0.339 e. The fourth-order valence-corrected chi connectivity index (χ4v) is 0.887. The van der Waals surface area contributed by atoms with Crippen LogP contribution in [0.25, 0.3) is 0 Å². The average molecular weight is 210 g/mol. The predicted molar refractivity (Wildman–Crippen MR) is 54.6 cm³/mol. The molecule has 1 aromatic carbocycles. The van der Waals surface area contributed by atoms with Crippen molar-refractivity contribution < 1.29 is 19.4 Å². The molecule has 0 atom stereocenters. The molecule has 0 aliphatic heterocycles. The maximum atomic E-state index is 10.6. The van der Waals surface area contributed by atoms with Crippen LogP contribution in [0.3, 0.4) is 0 Å². The van der Waals surface area contributed by atoms with Crippen LogP contribution in [0.15, 0.2) is 24.3 Å². The third kappa shape index (κ3) is 3.21. The molecular weight excluding hydrogens is 199 g/mol. The molecule has 4 nitrogen and oxygen atoms in total. The summed E-state index contributed by atoms with van der Waals surface area (Å²) in [4.78, 5) is 21.2. The van der Waals surface area contributed by atoms with E-state index in [0.717, 1.165) is 0 Å². The molecule has 0 radical (unpaired) electrons. The van der Waals surface area contributed by atoms with Gasteiger partial charge in [0.2, 0.25) is 0 Å². The third-order valence-corrected chi connectivity index (χ3v) is 1.37. The summed E-state index contributed by atoms with van der Waals surface area (Å²) in [5, 5.41) is 8.69. The Bertz CT molecular complexity index is 348. The normalized spacial score (nSPS) is 8.64. The number of hydrogen-bond donors (Lipinski definition) is 1. The second-order valence-electron chi connectivity index (χ2n) is 2.39. The number of para-hydroxylation sites is 1. The van der Waals surface area contributed by atoms with Crippen LogP contribution in [0.2, 0.25) is 0 Å². The SMILES string of the molecule is CC(=O)Oc1ccccc1C(=O)O.[AlH3]. The molecule has 0 aliphatic rings. The van der Waals surface area contributed by atoms with Crippen LogP contribution in [0.1, 0.15) is 17.3 Å². The standard InChI is InChI=1S/C9H8O4.Al.3H/c1-6(10)13-8-5-3-2-4-7(8)9(11)12;;;;/h2-5H,1H3,(H,11,12);;;;. The van der Waals surface area contributed by atoms with Gasteiger partial charge in [-0.25, -0.2) is 4.79 Å². The van der Waals surface area contributed by atoms with E-state index in [1.54, 1.807) is 12.1 Å². The van der Waals surface area contributed by atoms with Crippen molar-refractivity contribution in [3.05, 3.63) is 29.8 Å². The van der Waals surface area contributed by atoms with Gasteiger partial charge in [-0.05, 0) is 12.1 Å². The summed E-state index contributed by atoms with van der Waals surface area (Å²) in [5.74, 6) is -1.58. The lowest BCUT2D eigenvalue weighted by molar-refractivity contribution is -0.131. The van der Waals surface area contributed by atoms with Crippen molar-refractivity contribution in [1.82, 2.24) is 0 Å². The zero-order chi connectivity index (χ0) is 9.84. The summed E-state index contributed by atoms with van der Waals surface area (Å²) in [7, 11) is 0. The summed E-state index contributed by atoms with van der Waals surface area (Å²) >= 11 is 0. The molecule has 1 N–H and O–H groups in total. The number of esters is 1. The van der Waals surface area contributed by atoms with Crippen LogP contribution in [0.5, 0.6) is 5.75 Å². The minimum atomic E-state index is -1.11. The topological polar surface area (TPSA) is 63.6 Å². The highest BCUT2D eigenvalue weighted by atomic mass is 27.0. The number of hydrogen-bond acceptors (Lipinski definition) is 3. The van der Waals surface area contributed by atoms with Crippen molar-refractivity contribution in [3.63, 3.8) is 0 Å². The van der Waals surface area contributed by atoms with Gasteiger partial charge in [-0.3, -0.25) is 4.79 Å². The lowest BCUT2D eigenvalue weighted by atomic mass is 10.2. The molecule has 0 unspecified atom stereocenters. The Morgan fingerprint density at radius 3 is 2.36 bits per heavy atom. The van der Waals surface area contributed by atoms with E-state index in [1.807, 2.05) is 0 Å². The Kier molecular flexibility index (Phi) is 4.92. The van der Waals surface area contributed by atoms with E-state index in [2.05, 4.69) is 4.74 Å². The number of carbonyl (C=O) groups is 2. The summed E-state index contributed by atoms with van der Waals surface area (Å²) < 4.78 is 4.69. The average Bonchev–Trinajstić information content (AvgIpc) is 2.03. The largest absolute Gasteiger partial charge is 0.478 e. The molecule has 0 saturated heterocycles. The minimum Gasteiger partial charge on any atom is -0.478 e. The van der Waals surface area contributed by atoms with Crippen LogP contribution >= 0.6 is 0 Å². The quantitative estimate of drug-likeness (QED) is 0.428. The van der Waals surface area contributed by atoms with Crippen molar-refractivity contribution in [2.24, 2.45) is 0 Å². The second-order valence-corrected chi connectivity index (χ2v) is 2.39. The number of carbonyl (C=O) groups excluding carboxylic acids is 1. The minimum absolute atomic E-state index is 0. The van der Waals surface area contributed by atoms with Gasteiger partial charge in [0.1, 0.15) is 11.3 Å². The zero-order valence-corrected chi connectivity index (χ0v) is 6.98. The lowest BCUT2D eigenvalue weighted by Crippen LogP contribution is -2.06. The number of aromatic carboxylic acids is 1. The molecule has 74 valence electrons. The molecule has 5 heteroatoms. The highest BCUT2D eigenvalue weighted by molar-refractivity contribution is 5.91. The van der Waals surface area contributed by atoms with E-state index < -0.39 is 11.9 Å². The van der Waals surface area contributed by atoms with Gasteiger partial charge in [0.05, 0.1) is 0 Å². The van der Waals surface area contributed by atoms with Crippen molar-refractivity contribution in [2.75, 3.05) is 0 Å². The zero-order valence-electron chi connectivity index (χ0n) is 6.98. The van der Waals surface area contributed by atoms with Crippen LogP contribution in [-0.4, -0.2) is 34.4 Å². The fourth-order valence-electron chi connectivity index (χ4n) is 0.887. The molecule has 0 saturated carbocycles. The van der Waals surface area contributed by atoms with Crippen molar-refractivity contribution >= 4 is 29.3 Å². The van der Waals surface area contributed by atoms with Gasteiger partial charge in [0, 0.05) is 6.92 Å². The summed E-state index contributed by atoms with van der Waals surface area (Å²) in [6.07, 6.45) is 0. The second kappa shape index (κ2) is 5.43. The Labute approximate surface area is 91.6 Å². The summed E-state index contributed by atoms with van der Waals surface area (Å²) in [5.41, 5.74) is -0.0160. The highest BCUT2D eigenvalue weighted by Crippen LogP contribution is 2.17. The number of carboxylic acid groups (broad SMARTS) is 1. The van der Waals surface area contributed by atoms with Crippen molar-refractivity contribution in [3.8, 4) is 5.75 Å². The predicted octanol–water partition coefficient (Wildman–Crippen LogP) is 0.126. The number of benzene rings is 1. The fraction of sp³-hybridized carbons (Fsp3) is 0.111. The van der Waals surface area contributed by atoms with Crippen LogP contribution in [-0.2, 0) is 4.79 Å². The van der Waals surface area contributed by atoms with Gasteiger partial charge >= 0.3 is 11.9 Å². The third-order valence-electron chi connectivity index (χ3n) is 1.37. The van der Waals surface area contributed by atoms with Crippen LogP contribution < -0.4 is 4.74 Å². The first kappa shape index (κ1) is 12.7. The molecule has 0 aromatic heterocycles. The molecule has 0 fully saturated rings. The maximum absolute atomic E-state index is 10.6. The molecule has 0 bridgehead atoms. The van der Waals surface area contributed by atoms with Gasteiger partial charge in [0.15, 0.2) is 17.4 Å². The Balaban J connectivity index is 0.00000169. The van der Waals surface area contributed by atoms with E-state index in [-0.39, 0.29) is 28.7 Å². The highest BCUT2D eigenvalue weighted by Gasteiger charge is 2.10. The molecule has 0 amide bonds. The first-order valence-corrected chi connectivity index (χ1v) is 3.62. The first-order chi connectivity index (χ1) is 6.11. The Morgan fingerprint density at radius 2 is 1.86 bits per heavy atom. The van der Waals surface area contributed by atoms with Gasteiger partial charge < -0.3 is 9.84 Å². The number of carboxylic acids is 1. The van der Waals surface area contributed by atoms with Gasteiger partial charge in [0.25, 0.3) is 0 Å². The van der Waals surface area contributed by atoms with E-state index in [1.165, 1.54) is 19.1 Å². The Hall–Kier alpha value is -1.31. The molecule has 14 heavy (non-hydrogen) atoms. The van der Waals surface area contributed by atoms with Gasteiger partial charge in [-0.15, -0.1) is 0 Å². The van der Waals surface area contributed by atoms with Crippen molar-refractivity contribution in [1.29, 1.82) is 0 Å². The van der Waals surface area contributed by atoms with Crippen molar-refractivity contribution in [2.45, 2.75) is 6.92 Å². The molecule has 0 aliphatic carbocycles. The van der Waals surface area contributed by atoms with Crippen LogP contribution in [0, 0.1) is 0 Å². The Morgan fingerprint density at radius 1 is 1.29 bits per heavy atom. The maximum Gasteiger partial charge on any atom is 0.339 e. The summed E-state index contributed by atoms with van der Waals surface area (Å²) in [6, 6.07) is 5.98. The van der Waals surface area contributed by atoms with Crippen LogP contribution in [0.4, 0.5) is 0 Å². The lowest BCUT2D eigenvalue weighted by Gasteiger charge is -2.03. The van der Waals surface area contributed by atoms with Gasteiger partial charge in [-0.2, -0.15) is 0 Å². The number of ether oxygens (including phenoxy) is 1. The van der Waals surface area contributed by atoms with E-state index in [9.17, 15) is 9.59 Å². The summed E-state index contributed by atoms with van der Waals surface area (Å²) in [6.45, 7) is 1.22. The molecule has 0 heterocycles. The van der Waals surface area contributed by atoms with E-state index >= 15 is 0 Å². The monoisotopic (exact) mass is 210 g/mol.